The molecule has 5 nitrogen and oxygen atoms in total. The summed E-state index contributed by atoms with van der Waals surface area (Å²) in [5.74, 6) is 0.709. The van der Waals surface area contributed by atoms with Gasteiger partial charge in [0.25, 0.3) is 0 Å². The van der Waals surface area contributed by atoms with Crippen LogP contribution in [0, 0.1) is 0 Å². The Morgan fingerprint density at radius 2 is 1.84 bits per heavy atom. The first-order valence-corrected chi connectivity index (χ1v) is 10.0. The predicted octanol–water partition coefficient (Wildman–Crippen LogP) is 4.14. The Morgan fingerprint density at radius 3 is 2.52 bits per heavy atom. The van der Waals surface area contributed by atoms with E-state index in [2.05, 4.69) is 21.2 Å². The number of sulfonamides is 1. The molecule has 0 fully saturated rings. The van der Waals surface area contributed by atoms with Gasteiger partial charge in [-0.25, -0.2) is 18.1 Å². The molecule has 0 aliphatic carbocycles. The van der Waals surface area contributed by atoms with Gasteiger partial charge in [0.05, 0.1) is 22.0 Å². The Hall–Kier alpha value is -1.89. The quantitative estimate of drug-likeness (QED) is 0.702. The van der Waals surface area contributed by atoms with Crippen LogP contribution in [0.25, 0.3) is 11.0 Å². The van der Waals surface area contributed by atoms with E-state index in [0.29, 0.717) is 10.8 Å². The van der Waals surface area contributed by atoms with Crippen LogP contribution in [0.2, 0.25) is 5.02 Å². The normalized spacial score (nSPS) is 13.2. The number of aryl methyl sites for hydroxylation is 1. The monoisotopic (exact) mass is 377 g/mol. The van der Waals surface area contributed by atoms with E-state index >= 15 is 0 Å². The van der Waals surface area contributed by atoms with Gasteiger partial charge in [-0.1, -0.05) is 30.7 Å². The number of nitrogens with zero attached hydrogens (tertiary/aromatic N) is 2. The van der Waals surface area contributed by atoms with E-state index < -0.39 is 16.1 Å². The minimum atomic E-state index is -3.66. The van der Waals surface area contributed by atoms with Crippen molar-refractivity contribution in [2.24, 2.45) is 0 Å². The minimum Gasteiger partial charge on any atom is -0.327 e. The van der Waals surface area contributed by atoms with Crippen LogP contribution in [-0.4, -0.2) is 18.0 Å². The van der Waals surface area contributed by atoms with Gasteiger partial charge in [-0.15, -0.1) is 0 Å². The number of nitrogens with one attached hydrogen (secondary N) is 1. The number of halogens is 1. The van der Waals surface area contributed by atoms with Crippen molar-refractivity contribution in [3.63, 3.8) is 0 Å². The lowest BCUT2D eigenvalue weighted by atomic mass is 10.3. The van der Waals surface area contributed by atoms with Crippen LogP contribution in [0.1, 0.15) is 32.1 Å². The molecule has 3 aromatic rings. The van der Waals surface area contributed by atoms with Gasteiger partial charge in [-0.2, -0.15) is 0 Å². The van der Waals surface area contributed by atoms with Gasteiger partial charge in [-0.3, -0.25) is 0 Å². The van der Waals surface area contributed by atoms with Gasteiger partial charge in [0, 0.05) is 11.6 Å². The number of para-hydroxylation sites is 2. The van der Waals surface area contributed by atoms with Crippen molar-refractivity contribution in [2.75, 3.05) is 0 Å². The fraction of sp³-hybridized carbons (Fsp3) is 0.278. The summed E-state index contributed by atoms with van der Waals surface area (Å²) in [6.45, 7) is 4.67. The zero-order valence-corrected chi connectivity index (χ0v) is 15.7. The number of imidazole rings is 1. The van der Waals surface area contributed by atoms with Crippen molar-refractivity contribution in [1.82, 2.24) is 14.3 Å². The molecule has 7 heteroatoms. The zero-order valence-electron chi connectivity index (χ0n) is 14.1. The molecule has 132 valence electrons. The van der Waals surface area contributed by atoms with E-state index in [1.165, 1.54) is 12.1 Å². The van der Waals surface area contributed by atoms with Crippen molar-refractivity contribution < 1.29 is 8.42 Å². The van der Waals surface area contributed by atoms with Crippen molar-refractivity contribution in [2.45, 2.75) is 37.8 Å². The molecular formula is C18H20ClN3O2S. The molecule has 0 spiro atoms. The molecule has 0 radical (unpaired) electrons. The van der Waals surface area contributed by atoms with E-state index in [1.54, 1.807) is 19.1 Å². The highest BCUT2D eigenvalue weighted by atomic mass is 35.5. The maximum atomic E-state index is 12.6. The first-order valence-electron chi connectivity index (χ1n) is 8.15. The van der Waals surface area contributed by atoms with Crippen molar-refractivity contribution in [3.05, 3.63) is 59.4 Å². The molecule has 1 aromatic heterocycles. The molecule has 1 atom stereocenters. The molecule has 25 heavy (non-hydrogen) atoms. The molecule has 0 saturated heterocycles. The third-order valence-electron chi connectivity index (χ3n) is 3.97. The van der Waals surface area contributed by atoms with Crippen LogP contribution in [0.4, 0.5) is 0 Å². The first kappa shape index (κ1) is 17.9. The second-order valence-corrected chi connectivity index (χ2v) is 8.06. The Kier molecular flexibility index (Phi) is 5.13. The summed E-state index contributed by atoms with van der Waals surface area (Å²) < 4.78 is 30.0. The summed E-state index contributed by atoms with van der Waals surface area (Å²) in [5.41, 5.74) is 1.88. The lowest BCUT2D eigenvalue weighted by Gasteiger charge is -2.16. The number of rotatable bonds is 6. The number of aromatic nitrogens is 2. The first-order chi connectivity index (χ1) is 11.9. The summed E-state index contributed by atoms with van der Waals surface area (Å²) in [5, 5.41) is 0.497. The second-order valence-electron chi connectivity index (χ2n) is 5.91. The summed E-state index contributed by atoms with van der Waals surface area (Å²) in [7, 11) is -3.66. The number of hydrogen-bond acceptors (Lipinski definition) is 3. The van der Waals surface area contributed by atoms with Crippen LogP contribution in [0.3, 0.4) is 0 Å². The third kappa shape index (κ3) is 3.71. The lowest BCUT2D eigenvalue weighted by molar-refractivity contribution is 0.543. The van der Waals surface area contributed by atoms with Gasteiger partial charge >= 0.3 is 0 Å². The fourth-order valence-corrected chi connectivity index (χ4v) is 4.18. The molecular weight excluding hydrogens is 358 g/mol. The Morgan fingerprint density at radius 1 is 1.16 bits per heavy atom. The van der Waals surface area contributed by atoms with Gasteiger partial charge in [-0.05, 0) is 49.7 Å². The summed E-state index contributed by atoms with van der Waals surface area (Å²) in [6.07, 6.45) is 0.935. The highest BCUT2D eigenvalue weighted by Gasteiger charge is 2.22. The molecule has 2 aromatic carbocycles. The van der Waals surface area contributed by atoms with Gasteiger partial charge in [0.2, 0.25) is 10.0 Å². The third-order valence-corrected chi connectivity index (χ3v) is 5.78. The van der Waals surface area contributed by atoms with Crippen molar-refractivity contribution >= 4 is 32.7 Å². The molecule has 0 aliphatic heterocycles. The fourth-order valence-electron chi connectivity index (χ4n) is 2.85. The zero-order chi connectivity index (χ0) is 18.0. The standard InChI is InChI=1S/C18H20ClN3O2S/c1-3-12-22-17-7-5-4-6-16(17)20-18(22)13(2)21-25(23,24)15-10-8-14(19)9-11-15/h4-11,13,21H,3,12H2,1-2H3. The Bertz CT molecular complexity index is 981. The molecule has 0 aliphatic rings. The highest BCUT2D eigenvalue weighted by Crippen LogP contribution is 2.23. The lowest BCUT2D eigenvalue weighted by Crippen LogP contribution is -2.29. The van der Waals surface area contributed by atoms with Gasteiger partial charge in [0.15, 0.2) is 0 Å². The van der Waals surface area contributed by atoms with Crippen molar-refractivity contribution in [1.29, 1.82) is 0 Å². The molecule has 3 rings (SSSR count). The largest absolute Gasteiger partial charge is 0.327 e. The smallest absolute Gasteiger partial charge is 0.241 e. The molecule has 0 bridgehead atoms. The maximum Gasteiger partial charge on any atom is 0.241 e. The molecule has 1 unspecified atom stereocenters. The predicted molar refractivity (Wildman–Crippen MR) is 100 cm³/mol. The van der Waals surface area contributed by atoms with E-state index in [1.807, 2.05) is 24.3 Å². The van der Waals surface area contributed by atoms with E-state index in [4.69, 9.17) is 11.6 Å². The molecule has 1 N–H and O–H groups in total. The molecule has 1 heterocycles. The average Bonchev–Trinajstić information content (AvgIpc) is 2.94. The van der Waals surface area contributed by atoms with Gasteiger partial charge in [0.1, 0.15) is 5.82 Å². The van der Waals surface area contributed by atoms with Crippen LogP contribution < -0.4 is 4.72 Å². The van der Waals surface area contributed by atoms with Crippen LogP contribution >= 0.6 is 11.6 Å². The van der Waals surface area contributed by atoms with Crippen LogP contribution in [0.15, 0.2) is 53.4 Å². The summed E-state index contributed by atoms with van der Waals surface area (Å²) in [4.78, 5) is 4.82. The average molecular weight is 378 g/mol. The van der Waals surface area contributed by atoms with Crippen LogP contribution in [-0.2, 0) is 16.6 Å². The summed E-state index contributed by atoms with van der Waals surface area (Å²) in [6, 6.07) is 13.5. The SMILES string of the molecule is CCCn1c(C(C)NS(=O)(=O)c2ccc(Cl)cc2)nc2ccccc21. The molecule has 0 saturated carbocycles. The number of benzene rings is 2. The Balaban J connectivity index is 1.95. The molecule has 0 amide bonds. The topological polar surface area (TPSA) is 64.0 Å². The second kappa shape index (κ2) is 7.15. The van der Waals surface area contributed by atoms with E-state index in [0.717, 1.165) is 24.0 Å². The Labute approximate surface area is 152 Å². The highest BCUT2D eigenvalue weighted by molar-refractivity contribution is 7.89. The summed E-state index contributed by atoms with van der Waals surface area (Å²) >= 11 is 5.84. The van der Waals surface area contributed by atoms with Gasteiger partial charge < -0.3 is 4.57 Å². The van der Waals surface area contributed by atoms with E-state index in [-0.39, 0.29) is 4.90 Å². The van der Waals surface area contributed by atoms with E-state index in [9.17, 15) is 8.42 Å². The minimum absolute atomic E-state index is 0.182. The number of hydrogen-bond donors (Lipinski definition) is 1. The van der Waals surface area contributed by atoms with Crippen LogP contribution in [0.5, 0.6) is 0 Å². The maximum absolute atomic E-state index is 12.6. The van der Waals surface area contributed by atoms with Crippen molar-refractivity contribution in [3.8, 4) is 0 Å². The number of fused-ring (bicyclic) bond motifs is 1.